The van der Waals surface area contributed by atoms with Crippen LogP contribution in [0.1, 0.15) is 31.9 Å². The maximum atomic E-state index is 14.3. The van der Waals surface area contributed by atoms with Crippen molar-refractivity contribution < 1.29 is 19.1 Å². The smallest absolute Gasteiger partial charge is 0.339 e. The standard InChI is InChI=1S/C25H22ClN3O4/c1-14(2)32-23(30)21-15(3)33-22(28)18(12-27)25(21)17-9-5-7-11-20(17)29(24(25)31)13-16-8-4-6-10-19(16)26/h4-11,14H,13,28H2,1-3H3. The molecular formula is C25H22ClN3O4. The van der Waals surface area contributed by atoms with Crippen LogP contribution >= 0.6 is 11.6 Å². The lowest BCUT2D eigenvalue weighted by atomic mass is 9.68. The van der Waals surface area contributed by atoms with Gasteiger partial charge in [-0.3, -0.25) is 4.79 Å². The Labute approximate surface area is 196 Å². The highest BCUT2D eigenvalue weighted by Gasteiger charge is 2.62. The van der Waals surface area contributed by atoms with Crippen LogP contribution in [0.4, 0.5) is 5.69 Å². The van der Waals surface area contributed by atoms with Crippen molar-refractivity contribution in [3.05, 3.63) is 87.5 Å². The Balaban J connectivity index is 1.99. The third-order valence-corrected chi connectivity index (χ3v) is 6.09. The summed E-state index contributed by atoms with van der Waals surface area (Å²) in [5, 5.41) is 10.6. The fourth-order valence-electron chi connectivity index (χ4n) is 4.44. The monoisotopic (exact) mass is 463 g/mol. The number of ether oxygens (including phenoxy) is 2. The number of allylic oxidation sites excluding steroid dienone is 1. The molecule has 0 saturated heterocycles. The largest absolute Gasteiger partial charge is 0.459 e. The predicted octanol–water partition coefficient (Wildman–Crippen LogP) is 4.07. The molecule has 8 heteroatoms. The van der Waals surface area contributed by atoms with Gasteiger partial charge in [-0.25, -0.2) is 4.79 Å². The molecule has 0 bridgehead atoms. The predicted molar refractivity (Wildman–Crippen MR) is 123 cm³/mol. The molecule has 0 fully saturated rings. The first kappa shape index (κ1) is 22.4. The lowest BCUT2D eigenvalue weighted by molar-refractivity contribution is -0.144. The molecule has 1 spiro atoms. The van der Waals surface area contributed by atoms with E-state index >= 15 is 0 Å². The zero-order chi connectivity index (χ0) is 23.9. The van der Waals surface area contributed by atoms with Crippen molar-refractivity contribution in [1.82, 2.24) is 0 Å². The Bertz CT molecular complexity index is 1270. The van der Waals surface area contributed by atoms with Gasteiger partial charge >= 0.3 is 5.97 Å². The number of carbonyl (C=O) groups excluding carboxylic acids is 2. The second-order valence-electron chi connectivity index (χ2n) is 8.09. The number of nitrogens with two attached hydrogens (primary N) is 1. The van der Waals surface area contributed by atoms with Gasteiger partial charge in [0.05, 0.1) is 12.6 Å². The van der Waals surface area contributed by atoms with Gasteiger partial charge in [-0.2, -0.15) is 5.26 Å². The summed E-state index contributed by atoms with van der Waals surface area (Å²) in [7, 11) is 0. The number of esters is 1. The number of nitrogens with zero attached hydrogens (tertiary/aromatic N) is 2. The SMILES string of the molecule is CC1=C(C(=O)OC(C)C)C2(C(=O)N(Cc3ccccc3Cl)c3ccccc32)C(C#N)=C(N)O1. The first-order chi connectivity index (χ1) is 15.7. The highest BCUT2D eigenvalue weighted by Crippen LogP contribution is 2.54. The van der Waals surface area contributed by atoms with E-state index in [2.05, 4.69) is 0 Å². The number of hydrogen-bond acceptors (Lipinski definition) is 6. The van der Waals surface area contributed by atoms with E-state index in [4.69, 9.17) is 26.8 Å². The first-order valence-electron chi connectivity index (χ1n) is 10.4. The number of benzene rings is 2. The molecular weight excluding hydrogens is 442 g/mol. The van der Waals surface area contributed by atoms with E-state index in [-0.39, 0.29) is 29.3 Å². The van der Waals surface area contributed by atoms with Crippen molar-refractivity contribution >= 4 is 29.2 Å². The molecule has 0 saturated carbocycles. The van der Waals surface area contributed by atoms with E-state index < -0.39 is 23.4 Å². The Kier molecular flexibility index (Phi) is 5.64. The summed E-state index contributed by atoms with van der Waals surface area (Å²) in [5.74, 6) is -1.36. The lowest BCUT2D eigenvalue weighted by Gasteiger charge is -2.35. The Morgan fingerprint density at radius 1 is 1.24 bits per heavy atom. The van der Waals surface area contributed by atoms with Crippen LogP contribution in [0.25, 0.3) is 0 Å². The van der Waals surface area contributed by atoms with Gasteiger partial charge < -0.3 is 20.1 Å². The van der Waals surface area contributed by atoms with Crippen LogP contribution in [0, 0.1) is 11.3 Å². The second kappa shape index (κ2) is 8.30. The van der Waals surface area contributed by atoms with Crippen LogP contribution in [0.5, 0.6) is 0 Å². The fourth-order valence-corrected chi connectivity index (χ4v) is 4.64. The molecule has 2 heterocycles. The summed E-state index contributed by atoms with van der Waals surface area (Å²) in [6, 6.07) is 16.2. The van der Waals surface area contributed by atoms with Crippen molar-refractivity contribution in [2.75, 3.05) is 4.90 Å². The topological polar surface area (TPSA) is 106 Å². The minimum atomic E-state index is -1.79. The third kappa shape index (κ3) is 3.35. The third-order valence-electron chi connectivity index (χ3n) is 5.72. The number of rotatable bonds is 4. The molecule has 1 atom stereocenters. The number of anilines is 1. The van der Waals surface area contributed by atoms with Crippen LogP contribution in [0.2, 0.25) is 5.02 Å². The summed E-state index contributed by atoms with van der Waals surface area (Å²) in [5.41, 5.74) is 5.83. The summed E-state index contributed by atoms with van der Waals surface area (Å²) >= 11 is 6.37. The number of amides is 1. The molecule has 168 valence electrons. The van der Waals surface area contributed by atoms with Crippen LogP contribution in [0.15, 0.2) is 71.3 Å². The minimum Gasteiger partial charge on any atom is -0.459 e. The van der Waals surface area contributed by atoms with Gasteiger partial charge in [0.1, 0.15) is 23.0 Å². The molecule has 2 aliphatic heterocycles. The highest BCUT2D eigenvalue weighted by atomic mass is 35.5. The first-order valence-corrected chi connectivity index (χ1v) is 10.8. The average molecular weight is 464 g/mol. The number of hydrogen-bond donors (Lipinski definition) is 1. The van der Waals surface area contributed by atoms with Gasteiger partial charge in [0, 0.05) is 16.3 Å². The number of fused-ring (bicyclic) bond motifs is 2. The molecule has 1 amide bonds. The van der Waals surface area contributed by atoms with Gasteiger partial charge in [0.2, 0.25) is 11.8 Å². The van der Waals surface area contributed by atoms with E-state index in [9.17, 15) is 14.9 Å². The summed E-state index contributed by atoms with van der Waals surface area (Å²) in [4.78, 5) is 29.1. The summed E-state index contributed by atoms with van der Waals surface area (Å²) in [6.45, 7) is 5.08. The maximum Gasteiger partial charge on any atom is 0.339 e. The van der Waals surface area contributed by atoms with Crippen molar-refractivity contribution in [2.45, 2.75) is 38.8 Å². The quantitative estimate of drug-likeness (QED) is 0.685. The van der Waals surface area contributed by atoms with Crippen molar-refractivity contribution in [3.63, 3.8) is 0 Å². The molecule has 2 aliphatic rings. The molecule has 2 aromatic rings. The molecule has 0 aliphatic carbocycles. The van der Waals surface area contributed by atoms with Gasteiger partial charge in [0.25, 0.3) is 0 Å². The lowest BCUT2D eigenvalue weighted by Crippen LogP contribution is -2.48. The second-order valence-corrected chi connectivity index (χ2v) is 8.50. The van der Waals surface area contributed by atoms with Crippen molar-refractivity contribution in [2.24, 2.45) is 5.73 Å². The van der Waals surface area contributed by atoms with Crippen molar-refractivity contribution in [1.29, 1.82) is 5.26 Å². The zero-order valence-electron chi connectivity index (χ0n) is 18.4. The molecule has 4 rings (SSSR count). The molecule has 0 aromatic heterocycles. The summed E-state index contributed by atoms with van der Waals surface area (Å²) in [6.07, 6.45) is -0.449. The van der Waals surface area contributed by atoms with E-state index in [1.54, 1.807) is 50.2 Å². The summed E-state index contributed by atoms with van der Waals surface area (Å²) < 4.78 is 11.0. The number of halogens is 1. The zero-order valence-corrected chi connectivity index (χ0v) is 19.1. The minimum absolute atomic E-state index is 0.0546. The molecule has 1 unspecified atom stereocenters. The normalized spacial score (nSPS) is 19.6. The van der Waals surface area contributed by atoms with E-state index in [1.807, 2.05) is 18.2 Å². The average Bonchev–Trinajstić information content (AvgIpc) is 2.98. The van der Waals surface area contributed by atoms with Gasteiger partial charge in [-0.1, -0.05) is 48.0 Å². The molecule has 2 N–H and O–H groups in total. The van der Waals surface area contributed by atoms with Crippen molar-refractivity contribution in [3.8, 4) is 6.07 Å². The van der Waals surface area contributed by atoms with Gasteiger partial charge in [-0.05, 0) is 38.5 Å². The van der Waals surface area contributed by atoms with E-state index in [0.717, 1.165) is 0 Å². The number of carbonyl (C=O) groups is 2. The van der Waals surface area contributed by atoms with Gasteiger partial charge in [0.15, 0.2) is 5.41 Å². The maximum absolute atomic E-state index is 14.3. The van der Waals surface area contributed by atoms with Crippen LogP contribution in [-0.2, 0) is 31.0 Å². The van der Waals surface area contributed by atoms with Gasteiger partial charge in [-0.15, -0.1) is 0 Å². The number of nitriles is 1. The van der Waals surface area contributed by atoms with E-state index in [0.29, 0.717) is 21.8 Å². The molecule has 33 heavy (non-hydrogen) atoms. The van der Waals surface area contributed by atoms with Crippen LogP contribution in [-0.4, -0.2) is 18.0 Å². The van der Waals surface area contributed by atoms with E-state index in [1.165, 1.54) is 11.8 Å². The Morgan fingerprint density at radius 2 is 1.91 bits per heavy atom. The number of para-hydroxylation sites is 1. The fraction of sp³-hybridized carbons (Fsp3) is 0.240. The van der Waals surface area contributed by atoms with Crippen LogP contribution < -0.4 is 10.6 Å². The molecule has 0 radical (unpaired) electrons. The Morgan fingerprint density at radius 3 is 2.58 bits per heavy atom. The molecule has 7 nitrogen and oxygen atoms in total. The highest BCUT2D eigenvalue weighted by molar-refractivity contribution is 6.31. The molecule has 2 aromatic carbocycles. The Hall–Kier alpha value is -3.76. The van der Waals surface area contributed by atoms with Crippen LogP contribution in [0.3, 0.4) is 0 Å².